The van der Waals surface area contributed by atoms with E-state index >= 15 is 0 Å². The number of aromatic hydroxyl groups is 1. The quantitative estimate of drug-likeness (QED) is 0.738. The molecule has 1 atom stereocenters. The van der Waals surface area contributed by atoms with Crippen molar-refractivity contribution in [3.8, 4) is 5.75 Å². The number of nitrogens with one attached hydrogen (secondary N) is 1. The maximum atomic E-state index is 10.5. The minimum atomic E-state index is 0.0587. The van der Waals surface area contributed by atoms with Gasteiger partial charge in [0.25, 0.3) is 0 Å². The second-order valence-corrected chi connectivity index (χ2v) is 4.05. The molecule has 1 saturated carbocycles. The van der Waals surface area contributed by atoms with Crippen molar-refractivity contribution in [3.63, 3.8) is 0 Å². The molecule has 1 fully saturated rings. The Labute approximate surface area is 89.1 Å². The molecule has 3 heteroatoms. The second kappa shape index (κ2) is 4.34. The second-order valence-electron chi connectivity index (χ2n) is 4.05. The molecule has 1 unspecified atom stereocenters. The molecule has 2 N–H and O–H groups in total. The van der Waals surface area contributed by atoms with Crippen molar-refractivity contribution in [1.82, 2.24) is 5.32 Å². The predicted molar refractivity (Wildman–Crippen MR) is 57.4 cm³/mol. The number of carbonyl (C=O) groups is 1. The summed E-state index contributed by atoms with van der Waals surface area (Å²) in [7, 11) is 0. The monoisotopic (exact) mass is 205 g/mol. The lowest BCUT2D eigenvalue weighted by Crippen LogP contribution is -2.31. The van der Waals surface area contributed by atoms with E-state index in [2.05, 4.69) is 5.32 Å². The van der Waals surface area contributed by atoms with Crippen molar-refractivity contribution in [2.75, 3.05) is 0 Å². The molecule has 1 aromatic rings. The Balaban J connectivity index is 2.19. The highest BCUT2D eigenvalue weighted by Crippen LogP contribution is 2.37. The summed E-state index contributed by atoms with van der Waals surface area (Å²) in [6, 6.07) is 7.17. The van der Waals surface area contributed by atoms with Crippen LogP contribution in [0, 0.1) is 5.92 Å². The van der Waals surface area contributed by atoms with Gasteiger partial charge in [-0.15, -0.1) is 0 Å². The van der Waals surface area contributed by atoms with Gasteiger partial charge in [-0.05, 0) is 36.5 Å². The van der Waals surface area contributed by atoms with E-state index in [-0.39, 0.29) is 11.8 Å². The molecule has 1 amide bonds. The molecule has 0 aliphatic heterocycles. The largest absolute Gasteiger partial charge is 0.508 e. The summed E-state index contributed by atoms with van der Waals surface area (Å²) in [6.45, 7) is 0. The SMILES string of the molecule is O=CNC(c1cccc(O)c1)C1CCC1. The highest BCUT2D eigenvalue weighted by Gasteiger charge is 2.28. The summed E-state index contributed by atoms with van der Waals surface area (Å²) in [5.74, 6) is 0.779. The van der Waals surface area contributed by atoms with Crippen molar-refractivity contribution in [1.29, 1.82) is 0 Å². The minimum Gasteiger partial charge on any atom is -0.508 e. The van der Waals surface area contributed by atoms with E-state index < -0.39 is 0 Å². The lowest BCUT2D eigenvalue weighted by molar-refractivity contribution is -0.110. The molecule has 0 aromatic heterocycles. The Kier molecular flexibility index (Phi) is 2.90. The molecule has 0 saturated heterocycles. The third kappa shape index (κ3) is 2.12. The predicted octanol–water partition coefficient (Wildman–Crippen LogP) is 1.98. The fourth-order valence-corrected chi connectivity index (χ4v) is 2.07. The standard InChI is InChI=1S/C12H15NO2/c14-8-13-12(9-3-1-4-9)10-5-2-6-11(15)7-10/h2,5-9,12,15H,1,3-4H2,(H,13,14). The average molecular weight is 205 g/mol. The molecule has 1 aliphatic rings. The van der Waals surface area contributed by atoms with Gasteiger partial charge in [-0.3, -0.25) is 4.79 Å². The van der Waals surface area contributed by atoms with Gasteiger partial charge in [0.15, 0.2) is 0 Å². The number of phenols is 1. The Morgan fingerprint density at radius 1 is 1.47 bits per heavy atom. The fourth-order valence-electron chi connectivity index (χ4n) is 2.07. The zero-order valence-electron chi connectivity index (χ0n) is 8.52. The maximum Gasteiger partial charge on any atom is 0.207 e. The van der Waals surface area contributed by atoms with Gasteiger partial charge in [-0.1, -0.05) is 18.6 Å². The first-order chi connectivity index (χ1) is 7.31. The molecule has 15 heavy (non-hydrogen) atoms. The van der Waals surface area contributed by atoms with Crippen LogP contribution in [0.25, 0.3) is 0 Å². The Morgan fingerprint density at radius 3 is 2.80 bits per heavy atom. The molecule has 0 radical (unpaired) electrons. The van der Waals surface area contributed by atoms with Gasteiger partial charge in [0.2, 0.25) is 6.41 Å². The van der Waals surface area contributed by atoms with E-state index in [0.29, 0.717) is 5.92 Å². The fraction of sp³-hybridized carbons (Fsp3) is 0.417. The molecule has 1 aliphatic carbocycles. The van der Waals surface area contributed by atoms with Crippen LogP contribution in [0.4, 0.5) is 0 Å². The van der Waals surface area contributed by atoms with Crippen LogP contribution in [-0.2, 0) is 4.79 Å². The van der Waals surface area contributed by atoms with Crippen LogP contribution in [0.1, 0.15) is 30.9 Å². The van der Waals surface area contributed by atoms with Crippen LogP contribution in [0.5, 0.6) is 5.75 Å². The molecule has 2 rings (SSSR count). The molecule has 0 spiro atoms. The van der Waals surface area contributed by atoms with Crippen molar-refractivity contribution in [2.45, 2.75) is 25.3 Å². The Hall–Kier alpha value is -1.51. The molecule has 0 bridgehead atoms. The van der Waals surface area contributed by atoms with Crippen LogP contribution in [0.15, 0.2) is 24.3 Å². The van der Waals surface area contributed by atoms with Crippen LogP contribution >= 0.6 is 0 Å². The van der Waals surface area contributed by atoms with Gasteiger partial charge < -0.3 is 10.4 Å². The third-order valence-corrected chi connectivity index (χ3v) is 3.10. The van der Waals surface area contributed by atoms with Crippen LogP contribution < -0.4 is 5.32 Å². The summed E-state index contributed by atoms with van der Waals surface area (Å²) >= 11 is 0. The lowest BCUT2D eigenvalue weighted by Gasteiger charge is -2.33. The van der Waals surface area contributed by atoms with Gasteiger partial charge in [-0.2, -0.15) is 0 Å². The number of hydrogen-bond donors (Lipinski definition) is 2. The smallest absolute Gasteiger partial charge is 0.207 e. The number of hydrogen-bond acceptors (Lipinski definition) is 2. The van der Waals surface area contributed by atoms with Crippen LogP contribution in [0.2, 0.25) is 0 Å². The Bertz CT molecular complexity index is 347. The van der Waals surface area contributed by atoms with Gasteiger partial charge in [0.1, 0.15) is 5.75 Å². The number of carbonyl (C=O) groups excluding carboxylic acids is 1. The summed E-state index contributed by atoms with van der Waals surface area (Å²) in [6.07, 6.45) is 4.29. The first-order valence-corrected chi connectivity index (χ1v) is 5.30. The van der Waals surface area contributed by atoms with Crippen LogP contribution in [-0.4, -0.2) is 11.5 Å². The molecular weight excluding hydrogens is 190 g/mol. The Morgan fingerprint density at radius 2 is 2.27 bits per heavy atom. The van der Waals surface area contributed by atoms with E-state index in [1.54, 1.807) is 12.1 Å². The van der Waals surface area contributed by atoms with Crippen molar-refractivity contribution in [3.05, 3.63) is 29.8 Å². The van der Waals surface area contributed by atoms with Crippen molar-refractivity contribution in [2.24, 2.45) is 5.92 Å². The van der Waals surface area contributed by atoms with Crippen molar-refractivity contribution < 1.29 is 9.90 Å². The van der Waals surface area contributed by atoms with E-state index in [4.69, 9.17) is 0 Å². The van der Waals surface area contributed by atoms with Gasteiger partial charge in [-0.25, -0.2) is 0 Å². The zero-order valence-corrected chi connectivity index (χ0v) is 8.52. The van der Waals surface area contributed by atoms with E-state index in [0.717, 1.165) is 24.8 Å². The number of amides is 1. The van der Waals surface area contributed by atoms with E-state index in [1.807, 2.05) is 12.1 Å². The molecule has 0 heterocycles. The highest BCUT2D eigenvalue weighted by molar-refractivity contribution is 5.48. The molecular formula is C12H15NO2. The minimum absolute atomic E-state index is 0.0587. The molecule has 80 valence electrons. The van der Waals surface area contributed by atoms with Crippen molar-refractivity contribution >= 4 is 6.41 Å². The number of rotatable bonds is 4. The third-order valence-electron chi connectivity index (χ3n) is 3.10. The summed E-state index contributed by atoms with van der Waals surface area (Å²) in [4.78, 5) is 10.5. The van der Waals surface area contributed by atoms with Crippen LogP contribution in [0.3, 0.4) is 0 Å². The van der Waals surface area contributed by atoms with Gasteiger partial charge >= 0.3 is 0 Å². The summed E-state index contributed by atoms with van der Waals surface area (Å²) in [5, 5.41) is 12.2. The van der Waals surface area contributed by atoms with E-state index in [9.17, 15) is 9.90 Å². The van der Waals surface area contributed by atoms with E-state index in [1.165, 1.54) is 6.42 Å². The number of phenolic OH excluding ortho intramolecular Hbond substituents is 1. The summed E-state index contributed by atoms with van der Waals surface area (Å²) in [5.41, 5.74) is 0.992. The average Bonchev–Trinajstić information content (AvgIpc) is 2.14. The zero-order chi connectivity index (χ0) is 10.7. The maximum absolute atomic E-state index is 10.5. The molecule has 1 aromatic carbocycles. The topological polar surface area (TPSA) is 49.3 Å². The molecule has 3 nitrogen and oxygen atoms in total. The van der Waals surface area contributed by atoms with Gasteiger partial charge in [0, 0.05) is 0 Å². The lowest BCUT2D eigenvalue weighted by atomic mass is 9.77. The highest BCUT2D eigenvalue weighted by atomic mass is 16.3. The first-order valence-electron chi connectivity index (χ1n) is 5.30. The normalized spacial score (nSPS) is 17.9. The number of benzene rings is 1. The summed E-state index contributed by atoms with van der Waals surface area (Å²) < 4.78 is 0. The van der Waals surface area contributed by atoms with Gasteiger partial charge in [0.05, 0.1) is 6.04 Å². The first kappa shape index (κ1) is 10.0.